The summed E-state index contributed by atoms with van der Waals surface area (Å²) in [5.74, 6) is 0.517. The number of rotatable bonds is 6. The summed E-state index contributed by atoms with van der Waals surface area (Å²) in [5.41, 5.74) is 2.62. The van der Waals surface area contributed by atoms with Crippen LogP contribution in [0.5, 0.6) is 0 Å². The normalized spacial score (nSPS) is 14.0. The summed E-state index contributed by atoms with van der Waals surface area (Å²) in [5, 5.41) is 9.58. The second-order valence-corrected chi connectivity index (χ2v) is 8.60. The number of hydrogen-bond acceptors (Lipinski definition) is 5. The highest BCUT2D eigenvalue weighted by atomic mass is 35.5. The molecule has 0 fully saturated rings. The molecule has 1 aliphatic rings. The molecule has 1 N–H and O–H groups in total. The van der Waals surface area contributed by atoms with Crippen molar-refractivity contribution in [3.05, 3.63) is 82.3 Å². The van der Waals surface area contributed by atoms with Gasteiger partial charge in [-0.15, -0.1) is 0 Å². The molecule has 8 heteroatoms. The first-order valence-corrected chi connectivity index (χ1v) is 10.5. The Labute approximate surface area is 164 Å². The quantitative estimate of drug-likeness (QED) is 0.804. The number of nitrogens with one attached hydrogen (secondary N) is 1. The van der Waals surface area contributed by atoms with Crippen molar-refractivity contribution in [1.82, 2.24) is 14.5 Å². The van der Waals surface area contributed by atoms with E-state index in [0.717, 1.165) is 17.4 Å². The molecule has 0 unspecified atom stereocenters. The minimum atomic E-state index is -3.40. The fourth-order valence-corrected chi connectivity index (χ4v) is 3.65. The zero-order valence-corrected chi connectivity index (χ0v) is 16.3. The number of halogens is 1. The highest BCUT2D eigenvalue weighted by molar-refractivity contribution is 7.88. The summed E-state index contributed by atoms with van der Waals surface area (Å²) in [4.78, 5) is 3.95. The van der Waals surface area contributed by atoms with Crippen molar-refractivity contribution in [1.29, 1.82) is 5.26 Å². The Morgan fingerprint density at radius 3 is 2.52 bits per heavy atom. The molecule has 2 aromatic carbocycles. The van der Waals surface area contributed by atoms with Gasteiger partial charge >= 0.3 is 0 Å². The molecule has 140 valence electrons. The second kappa shape index (κ2) is 7.91. The third-order valence-electron chi connectivity index (χ3n) is 4.02. The van der Waals surface area contributed by atoms with Crippen molar-refractivity contribution in [2.75, 3.05) is 12.9 Å². The van der Waals surface area contributed by atoms with Gasteiger partial charge in [0.1, 0.15) is 5.82 Å². The van der Waals surface area contributed by atoms with Gasteiger partial charge in [0.25, 0.3) is 0 Å². The standard InChI is InChI=1S/C19H19ClN4O2S/c1-27(25,26)22-19-13-23(11-17-3-2-4-18(20)9-17)14-24(19)12-16-7-5-15(10-21)6-8-16/h2-9,13,22H,11-12,14H2,1H3. The Morgan fingerprint density at radius 1 is 1.15 bits per heavy atom. The van der Waals surface area contributed by atoms with E-state index >= 15 is 0 Å². The van der Waals surface area contributed by atoms with E-state index in [4.69, 9.17) is 16.9 Å². The van der Waals surface area contributed by atoms with Gasteiger partial charge in [0.2, 0.25) is 10.0 Å². The zero-order valence-electron chi connectivity index (χ0n) is 14.8. The molecule has 0 aromatic heterocycles. The molecule has 0 amide bonds. The first kappa shape index (κ1) is 19.1. The Kier molecular flexibility index (Phi) is 5.59. The maximum absolute atomic E-state index is 11.7. The maximum Gasteiger partial charge on any atom is 0.230 e. The van der Waals surface area contributed by atoms with Gasteiger partial charge in [-0.2, -0.15) is 5.26 Å². The van der Waals surface area contributed by atoms with Gasteiger partial charge in [0.15, 0.2) is 0 Å². The van der Waals surface area contributed by atoms with Crippen LogP contribution < -0.4 is 4.72 Å². The van der Waals surface area contributed by atoms with Crippen molar-refractivity contribution in [3.8, 4) is 6.07 Å². The Balaban J connectivity index is 1.77. The summed E-state index contributed by atoms with van der Waals surface area (Å²) in [7, 11) is -3.40. The average Bonchev–Trinajstić information content (AvgIpc) is 2.94. The van der Waals surface area contributed by atoms with Crippen molar-refractivity contribution in [2.45, 2.75) is 13.1 Å². The molecule has 1 aliphatic heterocycles. The molecule has 27 heavy (non-hydrogen) atoms. The molecule has 1 heterocycles. The van der Waals surface area contributed by atoms with Crippen LogP contribution >= 0.6 is 11.6 Å². The van der Waals surface area contributed by atoms with E-state index in [-0.39, 0.29) is 0 Å². The van der Waals surface area contributed by atoms with Crippen LogP contribution in [0.25, 0.3) is 0 Å². The van der Waals surface area contributed by atoms with Crippen LogP contribution in [0.2, 0.25) is 5.02 Å². The van der Waals surface area contributed by atoms with Gasteiger partial charge in [0.05, 0.1) is 24.6 Å². The van der Waals surface area contributed by atoms with Crippen LogP contribution in [0.4, 0.5) is 0 Å². The molecule has 0 atom stereocenters. The molecule has 0 bridgehead atoms. The van der Waals surface area contributed by atoms with Crippen LogP contribution in [-0.2, 0) is 23.1 Å². The Morgan fingerprint density at radius 2 is 1.89 bits per heavy atom. The van der Waals surface area contributed by atoms with Gasteiger partial charge < -0.3 is 9.80 Å². The van der Waals surface area contributed by atoms with Crippen molar-refractivity contribution in [3.63, 3.8) is 0 Å². The lowest BCUT2D eigenvalue weighted by Crippen LogP contribution is -2.33. The van der Waals surface area contributed by atoms with Crippen LogP contribution in [0, 0.1) is 11.3 Å². The molecule has 3 rings (SSSR count). The summed E-state index contributed by atoms with van der Waals surface area (Å²) in [6.45, 7) is 1.66. The zero-order chi connectivity index (χ0) is 19.4. The van der Waals surface area contributed by atoms with Crippen LogP contribution in [0.3, 0.4) is 0 Å². The van der Waals surface area contributed by atoms with E-state index < -0.39 is 10.0 Å². The molecule has 6 nitrogen and oxygen atoms in total. The van der Waals surface area contributed by atoms with E-state index in [9.17, 15) is 8.42 Å². The Bertz CT molecular complexity index is 997. The van der Waals surface area contributed by atoms with Crippen LogP contribution in [0.15, 0.2) is 60.6 Å². The lowest BCUT2D eigenvalue weighted by atomic mass is 10.1. The monoisotopic (exact) mass is 402 g/mol. The topological polar surface area (TPSA) is 76.4 Å². The lowest BCUT2D eigenvalue weighted by Gasteiger charge is -2.24. The van der Waals surface area contributed by atoms with E-state index in [1.807, 2.05) is 46.2 Å². The number of hydrogen-bond donors (Lipinski definition) is 1. The van der Waals surface area contributed by atoms with Crippen LogP contribution in [-0.4, -0.2) is 31.1 Å². The predicted molar refractivity (Wildman–Crippen MR) is 105 cm³/mol. The lowest BCUT2D eigenvalue weighted by molar-refractivity contribution is 0.240. The molecule has 2 aromatic rings. The summed E-state index contributed by atoms with van der Waals surface area (Å²) < 4.78 is 26.0. The number of nitriles is 1. The van der Waals surface area contributed by atoms with Gasteiger partial charge in [-0.3, -0.25) is 4.72 Å². The first-order valence-electron chi connectivity index (χ1n) is 8.24. The van der Waals surface area contributed by atoms with Gasteiger partial charge in [-0.05, 0) is 35.4 Å². The number of sulfonamides is 1. The van der Waals surface area contributed by atoms with E-state index in [2.05, 4.69) is 10.8 Å². The Hall–Kier alpha value is -2.69. The molecular weight excluding hydrogens is 384 g/mol. The highest BCUT2D eigenvalue weighted by Crippen LogP contribution is 2.21. The predicted octanol–water partition coefficient (Wildman–Crippen LogP) is 2.84. The number of benzene rings is 2. The average molecular weight is 403 g/mol. The third-order valence-corrected chi connectivity index (χ3v) is 4.83. The van der Waals surface area contributed by atoms with Crippen molar-refractivity contribution < 1.29 is 8.42 Å². The minimum Gasteiger partial charge on any atom is -0.352 e. The van der Waals surface area contributed by atoms with Crippen LogP contribution in [0.1, 0.15) is 16.7 Å². The molecular formula is C19H19ClN4O2S. The number of nitrogens with zero attached hydrogens (tertiary/aromatic N) is 3. The van der Waals surface area contributed by atoms with Gasteiger partial charge in [-0.25, -0.2) is 8.42 Å². The molecule has 0 saturated carbocycles. The largest absolute Gasteiger partial charge is 0.352 e. The summed E-state index contributed by atoms with van der Waals surface area (Å²) in [6.07, 6.45) is 2.93. The SMILES string of the molecule is CS(=O)(=O)NC1=CN(Cc2cccc(Cl)c2)CN1Cc1ccc(C#N)cc1. The molecule has 0 aliphatic carbocycles. The van der Waals surface area contributed by atoms with Gasteiger partial charge in [-0.1, -0.05) is 35.9 Å². The maximum atomic E-state index is 11.7. The second-order valence-electron chi connectivity index (χ2n) is 6.41. The third kappa shape index (κ3) is 5.39. The van der Waals surface area contributed by atoms with E-state index in [1.165, 1.54) is 0 Å². The van der Waals surface area contributed by atoms with Crippen molar-refractivity contribution >= 4 is 21.6 Å². The molecule has 0 saturated heterocycles. The van der Waals surface area contributed by atoms with Gasteiger partial charge in [0, 0.05) is 24.3 Å². The highest BCUT2D eigenvalue weighted by Gasteiger charge is 2.23. The smallest absolute Gasteiger partial charge is 0.230 e. The molecule has 0 radical (unpaired) electrons. The fourth-order valence-electron chi connectivity index (χ4n) is 2.88. The van der Waals surface area contributed by atoms with E-state index in [1.54, 1.807) is 18.3 Å². The molecule has 0 spiro atoms. The first-order chi connectivity index (χ1) is 12.8. The summed E-state index contributed by atoms with van der Waals surface area (Å²) >= 11 is 6.05. The van der Waals surface area contributed by atoms with Crippen molar-refractivity contribution in [2.24, 2.45) is 0 Å². The minimum absolute atomic E-state index is 0.517. The summed E-state index contributed by atoms with van der Waals surface area (Å²) in [6, 6.07) is 16.9. The fraction of sp³-hybridized carbons (Fsp3) is 0.211. The van der Waals surface area contributed by atoms with E-state index in [0.29, 0.717) is 36.2 Å².